The SMILES string of the molecule is CCOc1cccc(CCC(C)Cl)c1OC. The molecule has 0 amide bonds. The second-order valence-electron chi connectivity index (χ2n) is 3.70. The maximum absolute atomic E-state index is 5.95. The van der Waals surface area contributed by atoms with Gasteiger partial charge in [-0.15, -0.1) is 11.6 Å². The molecule has 1 atom stereocenters. The molecule has 1 unspecified atom stereocenters. The Balaban J connectivity index is 2.85. The predicted octanol–water partition coefficient (Wildman–Crippen LogP) is 3.65. The van der Waals surface area contributed by atoms with Crippen LogP contribution in [0.15, 0.2) is 18.2 Å². The van der Waals surface area contributed by atoms with Crippen LogP contribution in [0.5, 0.6) is 11.5 Å². The highest BCUT2D eigenvalue weighted by Gasteiger charge is 2.10. The molecule has 3 heteroatoms. The number of rotatable bonds is 6. The van der Waals surface area contributed by atoms with Gasteiger partial charge in [-0.1, -0.05) is 12.1 Å². The normalized spacial score (nSPS) is 12.2. The Morgan fingerprint density at radius 3 is 2.69 bits per heavy atom. The Bertz CT molecular complexity index is 324. The zero-order chi connectivity index (χ0) is 12.0. The molecule has 16 heavy (non-hydrogen) atoms. The van der Waals surface area contributed by atoms with Gasteiger partial charge in [0.2, 0.25) is 0 Å². The summed E-state index contributed by atoms with van der Waals surface area (Å²) in [5.41, 5.74) is 1.15. The first-order chi connectivity index (χ1) is 7.69. The second kappa shape index (κ2) is 6.64. The first-order valence-electron chi connectivity index (χ1n) is 5.61. The number of benzene rings is 1. The fraction of sp³-hybridized carbons (Fsp3) is 0.538. The van der Waals surface area contributed by atoms with Crippen molar-refractivity contribution in [2.75, 3.05) is 13.7 Å². The van der Waals surface area contributed by atoms with E-state index in [0.29, 0.717) is 6.61 Å². The predicted molar refractivity (Wildman–Crippen MR) is 67.8 cm³/mol. The summed E-state index contributed by atoms with van der Waals surface area (Å²) in [6.45, 7) is 4.61. The zero-order valence-electron chi connectivity index (χ0n) is 10.1. The van der Waals surface area contributed by atoms with Gasteiger partial charge in [0, 0.05) is 5.38 Å². The first kappa shape index (κ1) is 13.2. The van der Waals surface area contributed by atoms with Crippen LogP contribution < -0.4 is 9.47 Å². The van der Waals surface area contributed by atoms with Crippen molar-refractivity contribution in [3.05, 3.63) is 23.8 Å². The number of para-hydroxylation sites is 1. The highest BCUT2D eigenvalue weighted by molar-refractivity contribution is 6.20. The molecule has 0 heterocycles. The summed E-state index contributed by atoms with van der Waals surface area (Å²) in [7, 11) is 1.67. The van der Waals surface area contributed by atoms with Gasteiger partial charge in [0.15, 0.2) is 11.5 Å². The summed E-state index contributed by atoms with van der Waals surface area (Å²) in [5.74, 6) is 1.64. The lowest BCUT2D eigenvalue weighted by Crippen LogP contribution is -2.01. The summed E-state index contributed by atoms with van der Waals surface area (Å²) < 4.78 is 10.9. The molecule has 1 aromatic carbocycles. The lowest BCUT2D eigenvalue weighted by Gasteiger charge is -2.13. The van der Waals surface area contributed by atoms with Crippen LogP contribution in [0.4, 0.5) is 0 Å². The Labute approximate surface area is 103 Å². The van der Waals surface area contributed by atoms with E-state index in [2.05, 4.69) is 6.07 Å². The molecule has 0 spiro atoms. The van der Waals surface area contributed by atoms with Crippen LogP contribution in [0.2, 0.25) is 0 Å². The standard InChI is InChI=1S/C13H19ClO2/c1-4-16-12-7-5-6-11(13(12)15-3)9-8-10(2)14/h5-7,10H,4,8-9H2,1-3H3. The molecule has 0 bridgehead atoms. The summed E-state index contributed by atoms with van der Waals surface area (Å²) in [4.78, 5) is 0. The first-order valence-corrected chi connectivity index (χ1v) is 6.05. The van der Waals surface area contributed by atoms with Crippen LogP contribution in [0.3, 0.4) is 0 Å². The number of alkyl halides is 1. The van der Waals surface area contributed by atoms with Crippen molar-refractivity contribution in [2.24, 2.45) is 0 Å². The van der Waals surface area contributed by atoms with Crippen molar-refractivity contribution in [3.8, 4) is 11.5 Å². The van der Waals surface area contributed by atoms with E-state index in [1.54, 1.807) is 7.11 Å². The molecule has 90 valence electrons. The minimum absolute atomic E-state index is 0.181. The third-order valence-corrected chi connectivity index (χ3v) is 2.59. The van der Waals surface area contributed by atoms with Crippen LogP contribution in [0.1, 0.15) is 25.8 Å². The molecule has 2 nitrogen and oxygen atoms in total. The Kier molecular flexibility index (Phi) is 5.47. The molecule has 0 saturated heterocycles. The Morgan fingerprint density at radius 1 is 1.38 bits per heavy atom. The van der Waals surface area contributed by atoms with E-state index < -0.39 is 0 Å². The van der Waals surface area contributed by atoms with E-state index in [4.69, 9.17) is 21.1 Å². The molecular weight excluding hydrogens is 224 g/mol. The zero-order valence-corrected chi connectivity index (χ0v) is 10.9. The number of hydrogen-bond acceptors (Lipinski definition) is 2. The smallest absolute Gasteiger partial charge is 0.163 e. The van der Waals surface area contributed by atoms with Crippen LogP contribution in [0, 0.1) is 0 Å². The molecule has 0 fully saturated rings. The van der Waals surface area contributed by atoms with E-state index >= 15 is 0 Å². The topological polar surface area (TPSA) is 18.5 Å². The third kappa shape index (κ3) is 3.60. The van der Waals surface area contributed by atoms with Crippen LogP contribution in [-0.2, 0) is 6.42 Å². The van der Waals surface area contributed by atoms with Gasteiger partial charge in [-0.05, 0) is 38.3 Å². The van der Waals surface area contributed by atoms with Crippen molar-refractivity contribution < 1.29 is 9.47 Å². The average molecular weight is 243 g/mol. The quantitative estimate of drug-likeness (QED) is 0.709. The average Bonchev–Trinajstić information content (AvgIpc) is 2.27. The Morgan fingerprint density at radius 2 is 2.12 bits per heavy atom. The summed E-state index contributed by atoms with van der Waals surface area (Å²) in [6.07, 6.45) is 1.85. The largest absolute Gasteiger partial charge is 0.493 e. The molecule has 1 aromatic rings. The van der Waals surface area contributed by atoms with Gasteiger partial charge in [-0.2, -0.15) is 0 Å². The molecule has 1 rings (SSSR count). The van der Waals surface area contributed by atoms with Gasteiger partial charge in [0.1, 0.15) is 0 Å². The van der Waals surface area contributed by atoms with E-state index in [0.717, 1.165) is 29.9 Å². The van der Waals surface area contributed by atoms with Crippen LogP contribution >= 0.6 is 11.6 Å². The van der Waals surface area contributed by atoms with E-state index in [1.807, 2.05) is 26.0 Å². The van der Waals surface area contributed by atoms with Gasteiger partial charge in [-0.25, -0.2) is 0 Å². The highest BCUT2D eigenvalue weighted by atomic mass is 35.5. The van der Waals surface area contributed by atoms with Gasteiger partial charge in [0.25, 0.3) is 0 Å². The second-order valence-corrected chi connectivity index (χ2v) is 4.45. The number of methoxy groups -OCH3 is 1. The van der Waals surface area contributed by atoms with Crippen molar-refractivity contribution in [3.63, 3.8) is 0 Å². The maximum atomic E-state index is 5.95. The summed E-state index contributed by atoms with van der Waals surface area (Å²) in [5, 5.41) is 0.181. The highest BCUT2D eigenvalue weighted by Crippen LogP contribution is 2.32. The van der Waals surface area contributed by atoms with Crippen molar-refractivity contribution in [1.82, 2.24) is 0 Å². The molecule has 0 N–H and O–H groups in total. The van der Waals surface area contributed by atoms with Gasteiger partial charge in [0.05, 0.1) is 13.7 Å². The molecule has 0 aliphatic heterocycles. The number of hydrogen-bond donors (Lipinski definition) is 0. The lowest BCUT2D eigenvalue weighted by atomic mass is 10.1. The number of ether oxygens (including phenoxy) is 2. The fourth-order valence-electron chi connectivity index (χ4n) is 1.61. The van der Waals surface area contributed by atoms with E-state index in [9.17, 15) is 0 Å². The van der Waals surface area contributed by atoms with Gasteiger partial charge >= 0.3 is 0 Å². The van der Waals surface area contributed by atoms with Gasteiger partial charge < -0.3 is 9.47 Å². The third-order valence-electron chi connectivity index (χ3n) is 2.38. The minimum atomic E-state index is 0.181. The van der Waals surface area contributed by atoms with E-state index in [-0.39, 0.29) is 5.38 Å². The summed E-state index contributed by atoms with van der Waals surface area (Å²) >= 11 is 5.95. The van der Waals surface area contributed by atoms with Crippen molar-refractivity contribution in [2.45, 2.75) is 32.1 Å². The maximum Gasteiger partial charge on any atom is 0.163 e. The van der Waals surface area contributed by atoms with Crippen molar-refractivity contribution >= 4 is 11.6 Å². The molecule has 0 aromatic heterocycles. The summed E-state index contributed by atoms with van der Waals surface area (Å²) in [6, 6.07) is 5.97. The molecule has 0 aliphatic rings. The van der Waals surface area contributed by atoms with E-state index in [1.165, 1.54) is 0 Å². The molecule has 0 aliphatic carbocycles. The van der Waals surface area contributed by atoms with Crippen LogP contribution in [-0.4, -0.2) is 19.1 Å². The van der Waals surface area contributed by atoms with Crippen LogP contribution in [0.25, 0.3) is 0 Å². The minimum Gasteiger partial charge on any atom is -0.493 e. The fourth-order valence-corrected chi connectivity index (χ4v) is 1.72. The molecule has 0 saturated carbocycles. The number of halogens is 1. The molecular formula is C13H19ClO2. The van der Waals surface area contributed by atoms with Gasteiger partial charge in [-0.3, -0.25) is 0 Å². The number of aryl methyl sites for hydroxylation is 1. The van der Waals surface area contributed by atoms with Crippen molar-refractivity contribution in [1.29, 1.82) is 0 Å². The molecule has 0 radical (unpaired) electrons. The monoisotopic (exact) mass is 242 g/mol. The lowest BCUT2D eigenvalue weighted by molar-refractivity contribution is 0.309. The Hall–Kier alpha value is -0.890.